The molecule has 1 heterocycles. The quantitative estimate of drug-likeness (QED) is 0.483. The Balaban J connectivity index is 1.79. The van der Waals surface area contributed by atoms with Gasteiger partial charge in [-0.2, -0.15) is 0 Å². The summed E-state index contributed by atoms with van der Waals surface area (Å²) in [6, 6.07) is 16.5. The van der Waals surface area contributed by atoms with Crippen LogP contribution in [-0.4, -0.2) is 15.8 Å². The van der Waals surface area contributed by atoms with Gasteiger partial charge in [0.05, 0.1) is 4.92 Å². The summed E-state index contributed by atoms with van der Waals surface area (Å²) >= 11 is 6.10. The van der Waals surface area contributed by atoms with Gasteiger partial charge in [-0.3, -0.25) is 14.9 Å². The molecule has 2 aromatic carbocycles. The van der Waals surface area contributed by atoms with Crippen LogP contribution in [0.1, 0.15) is 15.9 Å². The lowest BCUT2D eigenvalue weighted by Crippen LogP contribution is -2.13. The molecule has 27 heavy (non-hydrogen) atoms. The Morgan fingerprint density at radius 3 is 2.59 bits per heavy atom. The fourth-order valence-electron chi connectivity index (χ4n) is 2.43. The summed E-state index contributed by atoms with van der Waals surface area (Å²) in [5.41, 5.74) is 1.08. The number of rotatable bonds is 6. The van der Waals surface area contributed by atoms with Crippen LogP contribution in [0.3, 0.4) is 0 Å². The molecule has 7 nitrogen and oxygen atoms in total. The van der Waals surface area contributed by atoms with Crippen LogP contribution < -0.4 is 10.6 Å². The third-order valence-electron chi connectivity index (χ3n) is 3.79. The van der Waals surface area contributed by atoms with E-state index in [0.717, 1.165) is 5.56 Å². The minimum Gasteiger partial charge on any atom is -0.375 e. The average Bonchev–Trinajstić information content (AvgIpc) is 2.68. The summed E-state index contributed by atoms with van der Waals surface area (Å²) in [5.74, 6) is -0.111. The van der Waals surface area contributed by atoms with Crippen molar-refractivity contribution in [2.45, 2.75) is 6.54 Å². The van der Waals surface area contributed by atoms with Crippen molar-refractivity contribution in [1.82, 2.24) is 4.98 Å². The first-order valence-electron chi connectivity index (χ1n) is 8.02. The van der Waals surface area contributed by atoms with E-state index in [4.69, 9.17) is 11.6 Å². The van der Waals surface area contributed by atoms with Gasteiger partial charge in [-0.1, -0.05) is 35.9 Å². The zero-order chi connectivity index (χ0) is 19.2. The number of nitro groups is 1. The second-order valence-corrected chi connectivity index (χ2v) is 6.01. The van der Waals surface area contributed by atoms with Gasteiger partial charge in [0.1, 0.15) is 11.5 Å². The molecule has 8 heteroatoms. The Morgan fingerprint density at radius 2 is 1.89 bits per heavy atom. The molecular formula is C19H15ClN4O3. The highest BCUT2D eigenvalue weighted by molar-refractivity contribution is 6.31. The predicted octanol–water partition coefficient (Wildman–Crippen LogP) is 4.51. The summed E-state index contributed by atoms with van der Waals surface area (Å²) in [5, 5.41) is 17.6. The number of nitrogens with one attached hydrogen (secondary N) is 2. The number of carbonyl (C=O) groups excluding carboxylic acids is 1. The molecule has 136 valence electrons. The smallest absolute Gasteiger partial charge is 0.293 e. The molecular weight excluding hydrogens is 368 g/mol. The topological polar surface area (TPSA) is 97.2 Å². The van der Waals surface area contributed by atoms with E-state index < -0.39 is 10.8 Å². The molecule has 0 aliphatic carbocycles. The van der Waals surface area contributed by atoms with Gasteiger partial charge in [0.25, 0.3) is 11.6 Å². The highest BCUT2D eigenvalue weighted by Crippen LogP contribution is 2.27. The molecule has 0 aliphatic rings. The van der Waals surface area contributed by atoms with Gasteiger partial charge in [-0.25, -0.2) is 4.98 Å². The van der Waals surface area contributed by atoms with Crippen molar-refractivity contribution < 1.29 is 9.72 Å². The van der Waals surface area contributed by atoms with Gasteiger partial charge in [0.15, 0.2) is 0 Å². The molecule has 0 saturated heterocycles. The minimum atomic E-state index is -0.535. The van der Waals surface area contributed by atoms with Crippen molar-refractivity contribution in [2.75, 3.05) is 10.6 Å². The van der Waals surface area contributed by atoms with E-state index in [9.17, 15) is 14.9 Å². The predicted molar refractivity (Wildman–Crippen MR) is 104 cm³/mol. The summed E-state index contributed by atoms with van der Waals surface area (Å²) in [6.07, 6.45) is 1.54. The van der Waals surface area contributed by atoms with Crippen molar-refractivity contribution in [2.24, 2.45) is 0 Å². The molecule has 0 bridgehead atoms. The lowest BCUT2D eigenvalue weighted by atomic mass is 10.1. The first-order valence-corrected chi connectivity index (χ1v) is 8.40. The van der Waals surface area contributed by atoms with Crippen molar-refractivity contribution in [3.8, 4) is 0 Å². The third-order valence-corrected chi connectivity index (χ3v) is 4.16. The van der Waals surface area contributed by atoms with Crippen LogP contribution in [0.5, 0.6) is 0 Å². The number of nitrogens with zero attached hydrogens (tertiary/aromatic N) is 2. The van der Waals surface area contributed by atoms with Crippen molar-refractivity contribution in [1.29, 1.82) is 0 Å². The molecule has 2 N–H and O–H groups in total. The number of aromatic nitrogens is 1. The van der Waals surface area contributed by atoms with E-state index in [1.807, 2.05) is 18.2 Å². The second kappa shape index (κ2) is 8.29. The van der Waals surface area contributed by atoms with E-state index in [2.05, 4.69) is 15.6 Å². The molecule has 1 aromatic heterocycles. The van der Waals surface area contributed by atoms with Crippen LogP contribution in [0, 0.1) is 10.1 Å². The van der Waals surface area contributed by atoms with Crippen LogP contribution in [0.2, 0.25) is 5.02 Å². The van der Waals surface area contributed by atoms with E-state index in [-0.39, 0.29) is 11.3 Å². The highest BCUT2D eigenvalue weighted by Gasteiger charge is 2.18. The van der Waals surface area contributed by atoms with Gasteiger partial charge in [0.2, 0.25) is 0 Å². The van der Waals surface area contributed by atoms with Crippen LogP contribution in [0.25, 0.3) is 0 Å². The molecule has 3 rings (SSSR count). The maximum atomic E-state index is 12.3. The van der Waals surface area contributed by atoms with Gasteiger partial charge >= 0.3 is 0 Å². The summed E-state index contributed by atoms with van der Waals surface area (Å²) < 4.78 is 0. The van der Waals surface area contributed by atoms with Crippen LogP contribution >= 0.6 is 11.6 Å². The lowest BCUT2D eigenvalue weighted by Gasteiger charge is -2.10. The van der Waals surface area contributed by atoms with Gasteiger partial charge < -0.3 is 10.6 Å². The van der Waals surface area contributed by atoms with E-state index in [1.54, 1.807) is 30.5 Å². The normalized spacial score (nSPS) is 10.3. The van der Waals surface area contributed by atoms with Crippen molar-refractivity contribution in [3.05, 3.63) is 93.1 Å². The zero-order valence-corrected chi connectivity index (χ0v) is 14.8. The van der Waals surface area contributed by atoms with Gasteiger partial charge in [0, 0.05) is 29.4 Å². The first kappa shape index (κ1) is 18.3. The molecule has 0 spiro atoms. The zero-order valence-electron chi connectivity index (χ0n) is 14.1. The van der Waals surface area contributed by atoms with Crippen LogP contribution in [0.4, 0.5) is 17.2 Å². The SMILES string of the molecule is O=C(Nc1ccccn1)c1ccc(NCc2ccccc2Cl)c([N+](=O)[O-])c1. The van der Waals surface area contributed by atoms with Crippen LogP contribution in [0.15, 0.2) is 66.9 Å². The summed E-state index contributed by atoms with van der Waals surface area (Å²) in [6.45, 7) is 0.319. The van der Waals surface area contributed by atoms with Crippen LogP contribution in [-0.2, 0) is 6.54 Å². The Kier molecular flexibility index (Phi) is 5.63. The Bertz CT molecular complexity index is 980. The average molecular weight is 383 g/mol. The maximum absolute atomic E-state index is 12.3. The number of pyridine rings is 1. The largest absolute Gasteiger partial charge is 0.375 e. The van der Waals surface area contributed by atoms with E-state index >= 15 is 0 Å². The van der Waals surface area contributed by atoms with E-state index in [1.165, 1.54) is 18.2 Å². The molecule has 0 unspecified atom stereocenters. The molecule has 1 amide bonds. The van der Waals surface area contributed by atoms with E-state index in [0.29, 0.717) is 23.1 Å². The summed E-state index contributed by atoms with van der Waals surface area (Å²) in [7, 11) is 0. The highest BCUT2D eigenvalue weighted by atomic mass is 35.5. The molecule has 3 aromatic rings. The number of halogens is 1. The number of amides is 1. The first-order chi connectivity index (χ1) is 13.0. The minimum absolute atomic E-state index is 0.163. The molecule has 0 radical (unpaired) electrons. The number of anilines is 2. The van der Waals surface area contributed by atoms with Crippen molar-refractivity contribution >= 4 is 34.7 Å². The van der Waals surface area contributed by atoms with Crippen molar-refractivity contribution in [3.63, 3.8) is 0 Å². The van der Waals surface area contributed by atoms with Gasteiger partial charge in [-0.05, 0) is 35.9 Å². The number of nitro benzene ring substituents is 1. The Labute approximate surface area is 160 Å². The molecule has 0 atom stereocenters. The fraction of sp³-hybridized carbons (Fsp3) is 0.0526. The fourth-order valence-corrected chi connectivity index (χ4v) is 2.63. The third kappa shape index (κ3) is 4.59. The molecule has 0 aliphatic heterocycles. The van der Waals surface area contributed by atoms with Gasteiger partial charge in [-0.15, -0.1) is 0 Å². The number of hydrogen-bond donors (Lipinski definition) is 2. The monoisotopic (exact) mass is 382 g/mol. The standard InChI is InChI=1S/C19H15ClN4O3/c20-15-6-2-1-5-14(15)12-22-16-9-8-13(11-17(16)24(26)27)19(25)23-18-7-3-4-10-21-18/h1-11,22H,12H2,(H,21,23,25). The summed E-state index contributed by atoms with van der Waals surface area (Å²) in [4.78, 5) is 27.2. The molecule has 0 fully saturated rings. The number of benzene rings is 2. The second-order valence-electron chi connectivity index (χ2n) is 5.60. The maximum Gasteiger partial charge on any atom is 0.293 e. The number of carbonyl (C=O) groups is 1. The Morgan fingerprint density at radius 1 is 1.11 bits per heavy atom. The lowest BCUT2D eigenvalue weighted by molar-refractivity contribution is -0.384. The number of hydrogen-bond acceptors (Lipinski definition) is 5. The molecule has 0 saturated carbocycles. The Hall–Kier alpha value is -3.45.